The van der Waals surface area contributed by atoms with Gasteiger partial charge in [0.25, 0.3) is 0 Å². The fourth-order valence-electron chi connectivity index (χ4n) is 2.24. The molecule has 0 aliphatic rings. The Morgan fingerprint density at radius 2 is 1.60 bits per heavy atom. The summed E-state index contributed by atoms with van der Waals surface area (Å²) in [7, 11) is 0. The molecule has 0 heterocycles. The topological polar surface area (TPSA) is 12.0 Å². The van der Waals surface area contributed by atoms with Gasteiger partial charge in [-0.3, -0.25) is 0 Å². The second-order valence-electron chi connectivity index (χ2n) is 4.94. The smallest absolute Gasteiger partial charge is 0.0409 e. The number of halogens is 1. The Kier molecular flexibility index (Phi) is 5.53. The van der Waals surface area contributed by atoms with Crippen molar-refractivity contribution < 1.29 is 0 Å². The standard InChI is InChI=1S/C17H20ClNS/c1-12(14-7-9-17(20-3)10-8-14)19-13(2)15-5-4-6-16(18)11-15/h4-13,19H,1-3H3/t12?,13-/m1/s1. The molecule has 0 radical (unpaired) electrons. The van der Waals surface area contributed by atoms with Crippen molar-refractivity contribution in [2.75, 3.05) is 6.26 Å². The molecular formula is C17H20ClNS. The van der Waals surface area contributed by atoms with E-state index in [1.54, 1.807) is 11.8 Å². The molecule has 2 atom stereocenters. The van der Waals surface area contributed by atoms with Crippen LogP contribution in [0.5, 0.6) is 0 Å². The predicted octanol–water partition coefficient (Wildman–Crippen LogP) is 5.47. The highest BCUT2D eigenvalue weighted by atomic mass is 35.5. The maximum Gasteiger partial charge on any atom is 0.0409 e. The third-order valence-corrected chi connectivity index (χ3v) is 4.44. The lowest BCUT2D eigenvalue weighted by molar-refractivity contribution is 0.494. The first-order valence-corrected chi connectivity index (χ1v) is 8.36. The van der Waals surface area contributed by atoms with Crippen LogP contribution in [0.4, 0.5) is 0 Å². The van der Waals surface area contributed by atoms with Gasteiger partial charge in [0, 0.05) is 22.0 Å². The van der Waals surface area contributed by atoms with E-state index in [0.717, 1.165) is 5.02 Å². The highest BCUT2D eigenvalue weighted by Crippen LogP contribution is 2.23. The van der Waals surface area contributed by atoms with Crippen LogP contribution in [0, 0.1) is 0 Å². The van der Waals surface area contributed by atoms with E-state index in [9.17, 15) is 0 Å². The van der Waals surface area contributed by atoms with Gasteiger partial charge in [0.05, 0.1) is 0 Å². The second kappa shape index (κ2) is 7.16. The molecular weight excluding hydrogens is 286 g/mol. The molecule has 1 unspecified atom stereocenters. The van der Waals surface area contributed by atoms with E-state index < -0.39 is 0 Å². The highest BCUT2D eigenvalue weighted by Gasteiger charge is 2.11. The largest absolute Gasteiger partial charge is 0.304 e. The molecule has 0 saturated carbocycles. The molecule has 0 saturated heterocycles. The van der Waals surface area contributed by atoms with E-state index in [0.29, 0.717) is 6.04 Å². The van der Waals surface area contributed by atoms with Crippen LogP contribution in [0.3, 0.4) is 0 Å². The van der Waals surface area contributed by atoms with Crippen LogP contribution in [0.25, 0.3) is 0 Å². The first-order valence-electron chi connectivity index (χ1n) is 6.75. The Morgan fingerprint density at radius 3 is 2.20 bits per heavy atom. The van der Waals surface area contributed by atoms with Crippen molar-refractivity contribution in [3.8, 4) is 0 Å². The van der Waals surface area contributed by atoms with Gasteiger partial charge in [-0.15, -0.1) is 11.8 Å². The molecule has 1 N–H and O–H groups in total. The summed E-state index contributed by atoms with van der Waals surface area (Å²) < 4.78 is 0. The SMILES string of the molecule is CSc1ccc(C(C)N[C@H](C)c2cccc(Cl)c2)cc1. The molecule has 3 heteroatoms. The van der Waals surface area contributed by atoms with Gasteiger partial charge in [0.2, 0.25) is 0 Å². The van der Waals surface area contributed by atoms with Gasteiger partial charge in [-0.2, -0.15) is 0 Å². The lowest BCUT2D eigenvalue weighted by atomic mass is 10.0. The maximum absolute atomic E-state index is 6.05. The van der Waals surface area contributed by atoms with E-state index in [1.807, 2.05) is 18.2 Å². The zero-order valence-electron chi connectivity index (χ0n) is 12.1. The number of hydrogen-bond acceptors (Lipinski definition) is 2. The number of hydrogen-bond donors (Lipinski definition) is 1. The van der Waals surface area contributed by atoms with Crippen LogP contribution in [0.1, 0.15) is 37.1 Å². The van der Waals surface area contributed by atoms with Crippen molar-refractivity contribution >= 4 is 23.4 Å². The van der Waals surface area contributed by atoms with E-state index in [4.69, 9.17) is 11.6 Å². The molecule has 106 valence electrons. The summed E-state index contributed by atoms with van der Waals surface area (Å²) in [6.07, 6.45) is 2.10. The minimum absolute atomic E-state index is 0.268. The van der Waals surface area contributed by atoms with Crippen molar-refractivity contribution in [1.29, 1.82) is 0 Å². The highest BCUT2D eigenvalue weighted by molar-refractivity contribution is 7.98. The molecule has 0 aliphatic heterocycles. The summed E-state index contributed by atoms with van der Waals surface area (Å²) in [5, 5.41) is 4.40. The van der Waals surface area contributed by atoms with Crippen LogP contribution >= 0.6 is 23.4 Å². The van der Waals surface area contributed by atoms with Gasteiger partial charge in [0.1, 0.15) is 0 Å². The quantitative estimate of drug-likeness (QED) is 0.735. The van der Waals surface area contributed by atoms with Crippen LogP contribution in [-0.4, -0.2) is 6.26 Å². The van der Waals surface area contributed by atoms with Gasteiger partial charge in [-0.05, 0) is 55.5 Å². The minimum atomic E-state index is 0.268. The Labute approximate surface area is 130 Å². The number of nitrogens with one attached hydrogen (secondary N) is 1. The van der Waals surface area contributed by atoms with Gasteiger partial charge >= 0.3 is 0 Å². The van der Waals surface area contributed by atoms with Crippen LogP contribution in [0.15, 0.2) is 53.4 Å². The first kappa shape index (κ1) is 15.4. The van der Waals surface area contributed by atoms with E-state index in [1.165, 1.54) is 16.0 Å². The van der Waals surface area contributed by atoms with E-state index in [2.05, 4.69) is 55.8 Å². The molecule has 0 fully saturated rings. The summed E-state index contributed by atoms with van der Waals surface area (Å²) in [5.41, 5.74) is 2.52. The average molecular weight is 306 g/mol. The van der Waals surface area contributed by atoms with Crippen molar-refractivity contribution in [2.45, 2.75) is 30.8 Å². The van der Waals surface area contributed by atoms with Gasteiger partial charge in [0.15, 0.2) is 0 Å². The monoisotopic (exact) mass is 305 g/mol. The second-order valence-corrected chi connectivity index (χ2v) is 6.25. The summed E-state index contributed by atoms with van der Waals surface area (Å²) in [6, 6.07) is 17.3. The van der Waals surface area contributed by atoms with Crippen molar-refractivity contribution in [1.82, 2.24) is 5.32 Å². The molecule has 0 amide bonds. The van der Waals surface area contributed by atoms with E-state index >= 15 is 0 Å². The molecule has 0 bridgehead atoms. The fourth-order valence-corrected chi connectivity index (χ4v) is 2.84. The number of thioether (sulfide) groups is 1. The normalized spacial score (nSPS) is 14.0. The Balaban J connectivity index is 2.04. The third kappa shape index (κ3) is 4.02. The number of rotatable bonds is 5. The van der Waals surface area contributed by atoms with E-state index in [-0.39, 0.29) is 6.04 Å². The lowest BCUT2D eigenvalue weighted by Crippen LogP contribution is -2.22. The Hall–Kier alpha value is -0.960. The molecule has 0 aromatic heterocycles. The van der Waals surface area contributed by atoms with Crippen molar-refractivity contribution in [2.24, 2.45) is 0 Å². The summed E-state index contributed by atoms with van der Waals surface area (Å²) in [6.45, 7) is 4.35. The molecule has 20 heavy (non-hydrogen) atoms. The van der Waals surface area contributed by atoms with Crippen molar-refractivity contribution in [3.63, 3.8) is 0 Å². The Morgan fingerprint density at radius 1 is 0.950 bits per heavy atom. The molecule has 2 aromatic rings. The first-order chi connectivity index (χ1) is 9.60. The zero-order chi connectivity index (χ0) is 14.5. The third-order valence-electron chi connectivity index (χ3n) is 3.46. The van der Waals surface area contributed by atoms with Crippen LogP contribution in [-0.2, 0) is 0 Å². The van der Waals surface area contributed by atoms with Crippen LogP contribution in [0.2, 0.25) is 5.02 Å². The maximum atomic E-state index is 6.05. The average Bonchev–Trinajstić information content (AvgIpc) is 2.47. The van der Waals surface area contributed by atoms with Gasteiger partial charge in [-0.1, -0.05) is 35.9 Å². The molecule has 0 aliphatic carbocycles. The fraction of sp³-hybridized carbons (Fsp3) is 0.294. The van der Waals surface area contributed by atoms with Crippen LogP contribution < -0.4 is 5.32 Å². The van der Waals surface area contributed by atoms with Gasteiger partial charge in [-0.25, -0.2) is 0 Å². The Bertz CT molecular complexity index is 553. The number of benzene rings is 2. The predicted molar refractivity (Wildman–Crippen MR) is 89.6 cm³/mol. The molecule has 2 aromatic carbocycles. The summed E-state index contributed by atoms with van der Waals surface area (Å²) >= 11 is 7.81. The van der Waals surface area contributed by atoms with Crippen molar-refractivity contribution in [3.05, 3.63) is 64.7 Å². The summed E-state index contributed by atoms with van der Waals surface area (Å²) in [4.78, 5) is 1.30. The molecule has 0 spiro atoms. The minimum Gasteiger partial charge on any atom is -0.304 e. The van der Waals surface area contributed by atoms with Gasteiger partial charge < -0.3 is 5.32 Å². The zero-order valence-corrected chi connectivity index (χ0v) is 13.6. The summed E-state index contributed by atoms with van der Waals surface area (Å²) in [5.74, 6) is 0. The molecule has 1 nitrogen and oxygen atoms in total. The lowest BCUT2D eigenvalue weighted by Gasteiger charge is -2.21. The molecule has 2 rings (SSSR count).